The Morgan fingerprint density at radius 1 is 0.889 bits per heavy atom. The molecule has 0 aliphatic carbocycles. The zero-order valence-electron chi connectivity index (χ0n) is 20.5. The standard InChI is InChI=1S/C27H35N3O5S/c31-25(12-11-24(26(32)33)28-36(34,35)23-9-5-2-6-10-23)30-19-15-27(16-20-30)13-17-29(18-14-27)21-22-7-3-1-4-8-22/h1-10,24,28H,11-21H2,(H,32,33). The summed E-state index contributed by atoms with van der Waals surface area (Å²) in [7, 11) is -3.98. The molecular weight excluding hydrogens is 478 g/mol. The number of carbonyl (C=O) groups excluding carboxylic acids is 1. The maximum absolute atomic E-state index is 12.8. The van der Waals surface area contributed by atoms with Crippen molar-refractivity contribution in [1.82, 2.24) is 14.5 Å². The molecule has 2 saturated heterocycles. The minimum atomic E-state index is -3.98. The van der Waals surface area contributed by atoms with Gasteiger partial charge in [0.25, 0.3) is 0 Å². The Hall–Kier alpha value is -2.75. The van der Waals surface area contributed by atoms with Gasteiger partial charge in [0.05, 0.1) is 4.90 Å². The highest BCUT2D eigenvalue weighted by Crippen LogP contribution is 2.41. The topological polar surface area (TPSA) is 107 Å². The van der Waals surface area contributed by atoms with Crippen LogP contribution in [-0.2, 0) is 26.2 Å². The van der Waals surface area contributed by atoms with Crippen LogP contribution in [0.2, 0.25) is 0 Å². The van der Waals surface area contributed by atoms with E-state index in [0.717, 1.165) is 45.3 Å². The van der Waals surface area contributed by atoms with Crippen molar-refractivity contribution in [3.05, 3.63) is 66.2 Å². The quantitative estimate of drug-likeness (QED) is 0.534. The van der Waals surface area contributed by atoms with Crippen LogP contribution < -0.4 is 4.72 Å². The Morgan fingerprint density at radius 2 is 1.44 bits per heavy atom. The summed E-state index contributed by atoms with van der Waals surface area (Å²) in [5.74, 6) is -1.40. The number of carbonyl (C=O) groups is 2. The third-order valence-corrected chi connectivity index (χ3v) is 9.13. The van der Waals surface area contributed by atoms with Crippen LogP contribution in [0.15, 0.2) is 65.6 Å². The highest BCUT2D eigenvalue weighted by atomic mass is 32.2. The molecule has 1 atom stereocenters. The maximum Gasteiger partial charge on any atom is 0.321 e. The average molecular weight is 514 g/mol. The molecule has 8 nitrogen and oxygen atoms in total. The number of carboxylic acid groups (broad SMARTS) is 1. The lowest BCUT2D eigenvalue weighted by atomic mass is 9.71. The molecule has 2 aromatic rings. The van der Waals surface area contributed by atoms with E-state index < -0.39 is 22.0 Å². The zero-order chi connectivity index (χ0) is 25.6. The lowest BCUT2D eigenvalue weighted by Crippen LogP contribution is -2.48. The molecule has 0 radical (unpaired) electrons. The van der Waals surface area contributed by atoms with Gasteiger partial charge in [-0.3, -0.25) is 14.5 Å². The van der Waals surface area contributed by atoms with E-state index in [1.165, 1.54) is 17.7 Å². The summed E-state index contributed by atoms with van der Waals surface area (Å²) >= 11 is 0. The fourth-order valence-corrected chi connectivity index (χ4v) is 6.52. The fourth-order valence-electron chi connectivity index (χ4n) is 5.27. The lowest BCUT2D eigenvalue weighted by Gasteiger charge is -2.47. The molecule has 194 valence electrons. The largest absolute Gasteiger partial charge is 0.480 e. The number of likely N-dealkylation sites (tertiary alicyclic amines) is 2. The predicted molar refractivity (Wildman–Crippen MR) is 137 cm³/mol. The number of benzene rings is 2. The van der Waals surface area contributed by atoms with Crippen molar-refractivity contribution >= 4 is 21.9 Å². The van der Waals surface area contributed by atoms with E-state index in [9.17, 15) is 23.1 Å². The smallest absolute Gasteiger partial charge is 0.321 e. The number of hydrogen-bond donors (Lipinski definition) is 2. The van der Waals surface area contributed by atoms with Gasteiger partial charge in [0.1, 0.15) is 6.04 Å². The second kappa shape index (κ2) is 11.5. The minimum Gasteiger partial charge on any atom is -0.480 e. The molecule has 0 saturated carbocycles. The summed E-state index contributed by atoms with van der Waals surface area (Å²) < 4.78 is 27.3. The van der Waals surface area contributed by atoms with E-state index in [0.29, 0.717) is 13.1 Å². The van der Waals surface area contributed by atoms with Crippen LogP contribution in [0, 0.1) is 5.41 Å². The van der Waals surface area contributed by atoms with Crippen LogP contribution in [0.25, 0.3) is 0 Å². The van der Waals surface area contributed by atoms with E-state index in [1.54, 1.807) is 18.2 Å². The van der Waals surface area contributed by atoms with Crippen molar-refractivity contribution in [2.24, 2.45) is 5.41 Å². The summed E-state index contributed by atoms with van der Waals surface area (Å²) in [5, 5.41) is 9.53. The van der Waals surface area contributed by atoms with Crippen LogP contribution in [0.1, 0.15) is 44.1 Å². The number of aliphatic carboxylic acids is 1. The SMILES string of the molecule is O=C(O)C(CCC(=O)N1CCC2(CCN(Cc3ccccc3)CC2)CC1)NS(=O)(=O)c1ccccc1. The van der Waals surface area contributed by atoms with Gasteiger partial charge < -0.3 is 10.0 Å². The maximum atomic E-state index is 12.8. The fraction of sp³-hybridized carbons (Fsp3) is 0.481. The summed E-state index contributed by atoms with van der Waals surface area (Å²) in [4.78, 5) is 28.8. The molecule has 1 spiro atoms. The Labute approximate surface area is 213 Å². The first-order valence-electron chi connectivity index (χ1n) is 12.6. The third kappa shape index (κ3) is 6.72. The number of hydrogen-bond acceptors (Lipinski definition) is 5. The third-order valence-electron chi connectivity index (χ3n) is 7.64. The van der Waals surface area contributed by atoms with Crippen LogP contribution in [0.5, 0.6) is 0 Å². The Balaban J connectivity index is 1.23. The molecule has 1 unspecified atom stereocenters. The number of nitrogens with one attached hydrogen (secondary N) is 1. The molecule has 0 bridgehead atoms. The minimum absolute atomic E-state index is 0.00118. The Kier molecular flexibility index (Phi) is 8.43. The highest BCUT2D eigenvalue weighted by molar-refractivity contribution is 7.89. The number of nitrogens with zero attached hydrogens (tertiary/aromatic N) is 2. The molecule has 1 amide bonds. The first kappa shape index (κ1) is 26.3. The molecular formula is C27H35N3O5S. The van der Waals surface area contributed by atoms with Crippen LogP contribution in [0.4, 0.5) is 0 Å². The summed E-state index contributed by atoms with van der Waals surface area (Å²) in [6.45, 7) is 4.44. The molecule has 2 fully saturated rings. The van der Waals surface area contributed by atoms with E-state index in [1.807, 2.05) is 11.0 Å². The predicted octanol–water partition coefficient (Wildman–Crippen LogP) is 3.10. The van der Waals surface area contributed by atoms with E-state index in [2.05, 4.69) is 33.9 Å². The van der Waals surface area contributed by atoms with Gasteiger partial charge in [0, 0.05) is 26.1 Å². The highest BCUT2D eigenvalue weighted by Gasteiger charge is 2.38. The lowest BCUT2D eigenvalue weighted by molar-refractivity contribution is -0.139. The van der Waals surface area contributed by atoms with Gasteiger partial charge in [-0.05, 0) is 68.3 Å². The number of amides is 1. The van der Waals surface area contributed by atoms with Gasteiger partial charge in [0.15, 0.2) is 0 Å². The Morgan fingerprint density at radius 3 is 2.03 bits per heavy atom. The van der Waals surface area contributed by atoms with Crippen molar-refractivity contribution in [2.45, 2.75) is 56.0 Å². The number of piperidine rings is 2. The van der Waals surface area contributed by atoms with Crippen LogP contribution in [0.3, 0.4) is 0 Å². The molecule has 2 N–H and O–H groups in total. The van der Waals surface area contributed by atoms with Crippen molar-refractivity contribution < 1.29 is 23.1 Å². The molecule has 2 aromatic carbocycles. The molecule has 2 aliphatic heterocycles. The van der Waals surface area contributed by atoms with Gasteiger partial charge in [-0.2, -0.15) is 4.72 Å². The summed E-state index contributed by atoms with van der Waals surface area (Å²) in [6, 6.07) is 16.8. The second-order valence-electron chi connectivity index (χ2n) is 10.0. The van der Waals surface area contributed by atoms with E-state index in [-0.39, 0.29) is 29.1 Å². The normalized spacial score (nSPS) is 19.2. The van der Waals surface area contributed by atoms with Gasteiger partial charge in [-0.15, -0.1) is 0 Å². The molecule has 9 heteroatoms. The van der Waals surface area contributed by atoms with Crippen molar-refractivity contribution in [2.75, 3.05) is 26.2 Å². The molecule has 4 rings (SSSR count). The van der Waals surface area contributed by atoms with Gasteiger partial charge in [-0.25, -0.2) is 8.42 Å². The van der Waals surface area contributed by atoms with Crippen LogP contribution >= 0.6 is 0 Å². The summed E-state index contributed by atoms with van der Waals surface area (Å²) in [6.07, 6.45) is 4.08. The average Bonchev–Trinajstić information content (AvgIpc) is 2.89. The van der Waals surface area contributed by atoms with Crippen molar-refractivity contribution in [3.8, 4) is 0 Å². The monoisotopic (exact) mass is 513 g/mol. The molecule has 2 heterocycles. The number of rotatable bonds is 9. The first-order chi connectivity index (χ1) is 17.3. The van der Waals surface area contributed by atoms with E-state index >= 15 is 0 Å². The van der Waals surface area contributed by atoms with Crippen molar-refractivity contribution in [1.29, 1.82) is 0 Å². The molecule has 0 aromatic heterocycles. The van der Waals surface area contributed by atoms with Gasteiger partial charge >= 0.3 is 5.97 Å². The summed E-state index contributed by atoms with van der Waals surface area (Å²) in [5.41, 5.74) is 1.61. The van der Waals surface area contributed by atoms with Crippen molar-refractivity contribution in [3.63, 3.8) is 0 Å². The van der Waals surface area contributed by atoms with Crippen LogP contribution in [-0.4, -0.2) is 67.4 Å². The molecule has 2 aliphatic rings. The number of carboxylic acids is 1. The van der Waals surface area contributed by atoms with Gasteiger partial charge in [-0.1, -0.05) is 48.5 Å². The first-order valence-corrected chi connectivity index (χ1v) is 14.1. The van der Waals surface area contributed by atoms with Gasteiger partial charge in [0.2, 0.25) is 15.9 Å². The zero-order valence-corrected chi connectivity index (χ0v) is 21.3. The number of sulfonamides is 1. The Bertz CT molecular complexity index is 1120. The second-order valence-corrected chi connectivity index (χ2v) is 11.7. The van der Waals surface area contributed by atoms with E-state index in [4.69, 9.17) is 0 Å². The molecule has 36 heavy (non-hydrogen) atoms.